The van der Waals surface area contributed by atoms with Gasteiger partial charge in [-0.2, -0.15) is 0 Å². The molecule has 1 aromatic carbocycles. The fourth-order valence-corrected chi connectivity index (χ4v) is 3.41. The van der Waals surface area contributed by atoms with Crippen molar-refractivity contribution in [1.29, 1.82) is 0 Å². The monoisotopic (exact) mass is 371 g/mol. The molecule has 27 heavy (non-hydrogen) atoms. The van der Waals surface area contributed by atoms with Gasteiger partial charge in [-0.3, -0.25) is 9.59 Å². The number of rotatable bonds is 4. The van der Waals surface area contributed by atoms with Gasteiger partial charge in [-0.15, -0.1) is 0 Å². The minimum atomic E-state index is -0.374. The molecule has 10 nitrogen and oxygen atoms in total. The molecule has 2 aliphatic heterocycles. The van der Waals surface area contributed by atoms with E-state index in [-0.39, 0.29) is 30.4 Å². The Balaban J connectivity index is 1.42. The van der Waals surface area contributed by atoms with Crippen molar-refractivity contribution >= 4 is 23.5 Å². The van der Waals surface area contributed by atoms with Crippen LogP contribution >= 0.6 is 0 Å². The van der Waals surface area contributed by atoms with Crippen LogP contribution in [0.2, 0.25) is 0 Å². The molecule has 0 aliphatic carbocycles. The summed E-state index contributed by atoms with van der Waals surface area (Å²) >= 11 is 0. The highest BCUT2D eigenvalue weighted by atomic mass is 16.5. The number of aromatic nitrogens is 4. The molecule has 0 spiro atoms. The summed E-state index contributed by atoms with van der Waals surface area (Å²) in [6, 6.07) is 5.82. The van der Waals surface area contributed by atoms with Crippen LogP contribution in [-0.2, 0) is 33.8 Å². The Kier molecular flexibility index (Phi) is 4.71. The van der Waals surface area contributed by atoms with Crippen LogP contribution in [0.3, 0.4) is 0 Å². The van der Waals surface area contributed by atoms with Gasteiger partial charge in [0.25, 0.3) is 5.91 Å². The van der Waals surface area contributed by atoms with E-state index >= 15 is 0 Å². The fraction of sp³-hybridized carbons (Fsp3) is 0.471. The van der Waals surface area contributed by atoms with Crippen molar-refractivity contribution in [2.24, 2.45) is 0 Å². The standard InChI is InChI=1S/C17H21N7O3/c18-17-20-21-22-24(17)10-15(25)23-6-5-11-3-4-13(8-12(11)9-23)19-16(26)14-2-1-7-27-14/h3-4,8,14H,1-2,5-7,9-10H2,(H,19,26)(H2,18,20,22). The normalized spacial score (nSPS) is 19.0. The average molecular weight is 371 g/mol. The van der Waals surface area contributed by atoms with Crippen molar-refractivity contribution in [2.45, 2.75) is 38.5 Å². The van der Waals surface area contributed by atoms with Crippen molar-refractivity contribution in [2.75, 3.05) is 24.2 Å². The summed E-state index contributed by atoms with van der Waals surface area (Å²) in [5.41, 5.74) is 8.53. The van der Waals surface area contributed by atoms with Gasteiger partial charge in [0.1, 0.15) is 12.6 Å². The molecule has 1 aromatic heterocycles. The number of carbonyl (C=O) groups excluding carboxylic acids is 2. The molecule has 2 aromatic rings. The van der Waals surface area contributed by atoms with Crippen LogP contribution < -0.4 is 11.1 Å². The Labute approximate surface area is 155 Å². The van der Waals surface area contributed by atoms with E-state index < -0.39 is 0 Å². The minimum absolute atomic E-state index is 0.00358. The maximum atomic E-state index is 12.5. The largest absolute Gasteiger partial charge is 0.368 e. The minimum Gasteiger partial charge on any atom is -0.368 e. The second-order valence-electron chi connectivity index (χ2n) is 6.73. The Morgan fingerprint density at radius 1 is 1.33 bits per heavy atom. The molecule has 10 heteroatoms. The molecule has 3 heterocycles. The molecule has 0 radical (unpaired) electrons. The molecule has 0 saturated carbocycles. The quantitative estimate of drug-likeness (QED) is 0.771. The lowest BCUT2D eigenvalue weighted by Crippen LogP contribution is -2.38. The summed E-state index contributed by atoms with van der Waals surface area (Å²) in [6.07, 6.45) is 2.04. The first-order valence-corrected chi connectivity index (χ1v) is 8.94. The van der Waals surface area contributed by atoms with Crippen molar-refractivity contribution in [3.8, 4) is 0 Å². The summed E-state index contributed by atoms with van der Waals surface area (Å²) in [6.45, 7) is 1.73. The number of carbonyl (C=O) groups is 2. The van der Waals surface area contributed by atoms with Crippen molar-refractivity contribution in [3.05, 3.63) is 29.3 Å². The SMILES string of the molecule is Nc1nnnn1CC(=O)N1CCc2ccc(NC(=O)C3CCCO3)cc2C1. The molecule has 2 amide bonds. The van der Waals surface area contributed by atoms with Gasteiger partial charge in [0.15, 0.2) is 0 Å². The smallest absolute Gasteiger partial charge is 0.253 e. The molecular weight excluding hydrogens is 350 g/mol. The van der Waals surface area contributed by atoms with E-state index in [4.69, 9.17) is 10.5 Å². The lowest BCUT2D eigenvalue weighted by Gasteiger charge is -2.29. The third-order valence-corrected chi connectivity index (χ3v) is 4.91. The number of ether oxygens (including phenoxy) is 1. The zero-order chi connectivity index (χ0) is 18.8. The third kappa shape index (κ3) is 3.75. The number of hydrogen-bond donors (Lipinski definition) is 2. The van der Waals surface area contributed by atoms with Gasteiger partial charge in [0, 0.05) is 25.4 Å². The van der Waals surface area contributed by atoms with Gasteiger partial charge in [-0.1, -0.05) is 11.2 Å². The van der Waals surface area contributed by atoms with Crippen LogP contribution in [0.1, 0.15) is 24.0 Å². The highest BCUT2D eigenvalue weighted by Gasteiger charge is 2.25. The van der Waals surface area contributed by atoms with E-state index in [0.717, 1.165) is 24.8 Å². The zero-order valence-electron chi connectivity index (χ0n) is 14.8. The van der Waals surface area contributed by atoms with E-state index in [1.54, 1.807) is 4.90 Å². The van der Waals surface area contributed by atoms with E-state index in [0.29, 0.717) is 25.4 Å². The lowest BCUT2D eigenvalue weighted by atomic mass is 9.99. The number of nitrogen functional groups attached to an aromatic ring is 1. The van der Waals surface area contributed by atoms with Gasteiger partial charge >= 0.3 is 0 Å². The van der Waals surface area contributed by atoms with Gasteiger partial charge in [-0.25, -0.2) is 4.68 Å². The molecule has 0 bridgehead atoms. The van der Waals surface area contributed by atoms with Crippen LogP contribution in [-0.4, -0.2) is 56.2 Å². The van der Waals surface area contributed by atoms with E-state index in [1.807, 2.05) is 18.2 Å². The molecular formula is C17H21N7O3. The van der Waals surface area contributed by atoms with Crippen LogP contribution in [0.25, 0.3) is 0 Å². The number of nitrogens with zero attached hydrogens (tertiary/aromatic N) is 5. The second kappa shape index (κ2) is 7.31. The maximum absolute atomic E-state index is 12.5. The van der Waals surface area contributed by atoms with Crippen molar-refractivity contribution in [1.82, 2.24) is 25.1 Å². The molecule has 1 atom stereocenters. The van der Waals surface area contributed by atoms with Gasteiger partial charge < -0.3 is 20.7 Å². The number of fused-ring (bicyclic) bond motifs is 1. The van der Waals surface area contributed by atoms with Gasteiger partial charge in [-0.05, 0) is 52.9 Å². The maximum Gasteiger partial charge on any atom is 0.253 e. The second-order valence-corrected chi connectivity index (χ2v) is 6.73. The molecule has 3 N–H and O–H groups in total. The number of tetrazole rings is 1. The van der Waals surface area contributed by atoms with Crippen LogP contribution in [0.4, 0.5) is 11.6 Å². The summed E-state index contributed by atoms with van der Waals surface area (Å²) in [4.78, 5) is 26.5. The van der Waals surface area contributed by atoms with Gasteiger partial charge in [0.2, 0.25) is 11.9 Å². The van der Waals surface area contributed by atoms with E-state index in [9.17, 15) is 9.59 Å². The first-order valence-electron chi connectivity index (χ1n) is 8.94. The Bertz CT molecular complexity index is 860. The first kappa shape index (κ1) is 17.4. The number of anilines is 2. The molecule has 1 fully saturated rings. The highest BCUT2D eigenvalue weighted by molar-refractivity contribution is 5.94. The Morgan fingerprint density at radius 3 is 2.96 bits per heavy atom. The van der Waals surface area contributed by atoms with E-state index in [2.05, 4.69) is 20.8 Å². The molecule has 142 valence electrons. The van der Waals surface area contributed by atoms with Crippen molar-refractivity contribution < 1.29 is 14.3 Å². The lowest BCUT2D eigenvalue weighted by molar-refractivity contribution is -0.133. The Hall–Kier alpha value is -3.01. The third-order valence-electron chi connectivity index (χ3n) is 4.91. The molecule has 1 saturated heterocycles. The van der Waals surface area contributed by atoms with Crippen LogP contribution in [0.15, 0.2) is 18.2 Å². The van der Waals surface area contributed by atoms with Gasteiger partial charge in [0.05, 0.1) is 0 Å². The molecule has 2 aliphatic rings. The summed E-state index contributed by atoms with van der Waals surface area (Å²) in [5.74, 6) is -0.112. The van der Waals surface area contributed by atoms with Crippen LogP contribution in [0, 0.1) is 0 Å². The molecule has 4 rings (SSSR count). The van der Waals surface area contributed by atoms with Crippen LogP contribution in [0.5, 0.6) is 0 Å². The fourth-order valence-electron chi connectivity index (χ4n) is 3.41. The number of amides is 2. The Morgan fingerprint density at radius 2 is 2.22 bits per heavy atom. The predicted octanol–water partition coefficient (Wildman–Crippen LogP) is -0.0423. The highest BCUT2D eigenvalue weighted by Crippen LogP contribution is 2.24. The topological polar surface area (TPSA) is 128 Å². The van der Waals surface area contributed by atoms with Crippen molar-refractivity contribution in [3.63, 3.8) is 0 Å². The summed E-state index contributed by atoms with van der Waals surface area (Å²) < 4.78 is 6.69. The molecule has 1 unspecified atom stereocenters. The number of nitrogens with two attached hydrogens (primary N) is 1. The summed E-state index contributed by atoms with van der Waals surface area (Å²) in [5, 5.41) is 13.6. The number of nitrogens with one attached hydrogen (secondary N) is 1. The summed E-state index contributed by atoms with van der Waals surface area (Å²) in [7, 11) is 0. The van der Waals surface area contributed by atoms with E-state index in [1.165, 1.54) is 10.2 Å². The first-order chi connectivity index (χ1) is 13.1. The zero-order valence-corrected chi connectivity index (χ0v) is 14.8. The predicted molar refractivity (Wildman–Crippen MR) is 95.4 cm³/mol. The number of hydrogen-bond acceptors (Lipinski definition) is 7. The number of benzene rings is 1. The average Bonchev–Trinajstić information content (AvgIpc) is 3.33.